The van der Waals surface area contributed by atoms with Gasteiger partial charge in [-0.1, -0.05) is 25.1 Å². The predicted octanol–water partition coefficient (Wildman–Crippen LogP) is -1.77. The van der Waals surface area contributed by atoms with Crippen molar-refractivity contribution >= 4 is 54.9 Å². The van der Waals surface area contributed by atoms with E-state index < -0.39 is 31.5 Å². The van der Waals surface area contributed by atoms with Gasteiger partial charge in [0.25, 0.3) is 0 Å². The Hall–Kier alpha value is -2.53. The van der Waals surface area contributed by atoms with Gasteiger partial charge in [0.15, 0.2) is 9.84 Å². The number of hydrogen-bond acceptors (Lipinski definition) is 13. The third-order valence-electron chi connectivity index (χ3n) is 4.91. The Morgan fingerprint density at radius 2 is 1.59 bits per heavy atom. The Kier molecular flexibility index (Phi) is 11.0. The van der Waals surface area contributed by atoms with Crippen LogP contribution in [0.5, 0.6) is 0 Å². The molecular formula is C21H26N7NaO6S2. The number of aromatic nitrogens is 3. The minimum Gasteiger partial charge on any atom is -0.744 e. The van der Waals surface area contributed by atoms with Crippen molar-refractivity contribution in [2.24, 2.45) is 0 Å². The number of benzene rings is 2. The molecule has 3 rings (SSSR count). The van der Waals surface area contributed by atoms with Gasteiger partial charge >= 0.3 is 29.6 Å². The van der Waals surface area contributed by atoms with Crippen LogP contribution in [-0.2, 0) is 26.4 Å². The van der Waals surface area contributed by atoms with Crippen molar-refractivity contribution in [2.45, 2.75) is 18.2 Å². The van der Waals surface area contributed by atoms with Crippen molar-refractivity contribution in [3.63, 3.8) is 0 Å². The van der Waals surface area contributed by atoms with E-state index in [0.717, 1.165) is 23.7 Å². The summed E-state index contributed by atoms with van der Waals surface area (Å²) in [7, 11) is -8.19. The number of aliphatic hydroxyl groups is 1. The number of nitrogen functional groups attached to an aromatic ring is 1. The van der Waals surface area contributed by atoms with E-state index in [1.165, 1.54) is 12.1 Å². The van der Waals surface area contributed by atoms with Gasteiger partial charge in [-0.2, -0.15) is 15.0 Å². The number of nitrogens with one attached hydrogen (secondary N) is 3. The normalized spacial score (nSPS) is 11.4. The summed E-state index contributed by atoms with van der Waals surface area (Å²) < 4.78 is 57.6. The van der Waals surface area contributed by atoms with Crippen molar-refractivity contribution in [1.82, 2.24) is 15.0 Å². The molecule has 0 saturated heterocycles. The Morgan fingerprint density at radius 1 is 0.946 bits per heavy atom. The van der Waals surface area contributed by atoms with E-state index in [9.17, 15) is 21.4 Å². The summed E-state index contributed by atoms with van der Waals surface area (Å²) in [5.41, 5.74) is 7.56. The van der Waals surface area contributed by atoms with E-state index in [1.807, 2.05) is 31.2 Å². The fraction of sp³-hybridized carbons (Fsp3) is 0.286. The molecule has 6 N–H and O–H groups in total. The van der Waals surface area contributed by atoms with Crippen molar-refractivity contribution < 1.29 is 56.1 Å². The molecule has 0 aliphatic carbocycles. The van der Waals surface area contributed by atoms with E-state index in [-0.39, 0.29) is 71.1 Å². The zero-order chi connectivity index (χ0) is 26.3. The summed E-state index contributed by atoms with van der Waals surface area (Å²) >= 11 is 0. The monoisotopic (exact) mass is 559 g/mol. The standard InChI is InChI=1S/C21H27N7O6S2.Na/c1-2-14-5-3-4-6-17(14)25-21-27-19(23-9-11-35(30,31)12-10-29)26-20(28-21)24-15-7-8-18(16(22)13-15)36(32,33)34;/h3-8,13,29H,2,9-12,22H2,1H3,(H,32,33,34)(H3,23,24,25,26,27,28);/q;+1/p-1. The Balaban J connectivity index is 0.00000481. The first kappa shape index (κ1) is 30.7. The number of sulfone groups is 1. The third-order valence-corrected chi connectivity index (χ3v) is 7.46. The number of anilines is 6. The third kappa shape index (κ3) is 9.07. The molecular weight excluding hydrogens is 533 g/mol. The fourth-order valence-electron chi connectivity index (χ4n) is 3.18. The quantitative estimate of drug-likeness (QED) is 0.0945. The SMILES string of the molecule is CCc1ccccc1Nc1nc(NCCS(=O)(=O)CCO)nc(Nc2ccc(S(=O)(=O)[O-])c(N)c2)n1.[Na+]. The van der Waals surface area contributed by atoms with Crippen LogP contribution in [0, 0.1) is 0 Å². The molecule has 3 aromatic rings. The summed E-state index contributed by atoms with van der Waals surface area (Å²) in [6, 6.07) is 11.2. The second-order valence-electron chi connectivity index (χ2n) is 7.58. The van der Waals surface area contributed by atoms with Crippen LogP contribution in [0.25, 0.3) is 0 Å². The zero-order valence-electron chi connectivity index (χ0n) is 20.3. The van der Waals surface area contributed by atoms with Crippen molar-refractivity contribution in [2.75, 3.05) is 46.3 Å². The molecule has 0 aliphatic rings. The van der Waals surface area contributed by atoms with Crippen LogP contribution >= 0.6 is 0 Å². The number of hydrogen-bond donors (Lipinski definition) is 5. The first-order valence-electron chi connectivity index (χ1n) is 10.8. The van der Waals surface area contributed by atoms with Crippen LogP contribution in [0.4, 0.5) is 34.9 Å². The van der Waals surface area contributed by atoms with Gasteiger partial charge in [0.1, 0.15) is 10.1 Å². The number of rotatable bonds is 12. The van der Waals surface area contributed by atoms with Gasteiger partial charge in [0.2, 0.25) is 17.8 Å². The minimum atomic E-state index is -4.73. The molecule has 0 fully saturated rings. The average Bonchev–Trinajstić information content (AvgIpc) is 2.78. The molecule has 16 heteroatoms. The topological polar surface area (TPSA) is 212 Å². The molecule has 0 atom stereocenters. The Bertz CT molecular complexity index is 1440. The number of aliphatic hydroxyl groups excluding tert-OH is 1. The Labute approximate surface area is 237 Å². The van der Waals surface area contributed by atoms with E-state index in [1.54, 1.807) is 0 Å². The predicted molar refractivity (Wildman–Crippen MR) is 135 cm³/mol. The fourth-order valence-corrected chi connectivity index (χ4v) is 4.66. The molecule has 1 heterocycles. The number of aryl methyl sites for hydroxylation is 1. The molecule has 0 saturated carbocycles. The molecule has 1 aromatic heterocycles. The second-order valence-corrected chi connectivity index (χ2v) is 11.2. The maximum absolute atomic E-state index is 11.9. The van der Waals surface area contributed by atoms with Crippen LogP contribution in [-0.4, -0.2) is 66.1 Å². The maximum atomic E-state index is 11.9. The molecule has 2 aromatic carbocycles. The summed E-state index contributed by atoms with van der Waals surface area (Å²) in [5.74, 6) is -0.337. The van der Waals surface area contributed by atoms with Crippen molar-refractivity contribution in [3.05, 3.63) is 48.0 Å². The van der Waals surface area contributed by atoms with Gasteiger partial charge < -0.3 is 31.3 Å². The first-order chi connectivity index (χ1) is 17.0. The summed E-state index contributed by atoms with van der Waals surface area (Å²) in [6.07, 6.45) is 0.751. The molecule has 13 nitrogen and oxygen atoms in total. The van der Waals surface area contributed by atoms with E-state index in [4.69, 9.17) is 10.8 Å². The number of nitrogens with zero attached hydrogens (tertiary/aromatic N) is 3. The molecule has 194 valence electrons. The van der Waals surface area contributed by atoms with Gasteiger partial charge in [0.05, 0.1) is 28.7 Å². The first-order valence-corrected chi connectivity index (χ1v) is 14.0. The summed E-state index contributed by atoms with van der Waals surface area (Å²) in [4.78, 5) is 12.3. The van der Waals surface area contributed by atoms with Gasteiger partial charge in [0, 0.05) is 17.9 Å². The van der Waals surface area contributed by atoms with Crippen LogP contribution in [0.2, 0.25) is 0 Å². The summed E-state index contributed by atoms with van der Waals surface area (Å²) in [6.45, 7) is 1.51. The molecule has 0 radical (unpaired) electrons. The second kappa shape index (κ2) is 13.3. The van der Waals surface area contributed by atoms with E-state index >= 15 is 0 Å². The maximum Gasteiger partial charge on any atom is 1.00 e. The van der Waals surface area contributed by atoms with Crippen LogP contribution < -0.4 is 51.2 Å². The van der Waals surface area contributed by atoms with E-state index in [2.05, 4.69) is 30.9 Å². The molecule has 0 unspecified atom stereocenters. The van der Waals surface area contributed by atoms with Gasteiger partial charge in [-0.3, -0.25) is 0 Å². The number of nitrogens with two attached hydrogens (primary N) is 1. The Morgan fingerprint density at radius 3 is 2.22 bits per heavy atom. The number of para-hydroxylation sites is 1. The zero-order valence-corrected chi connectivity index (χ0v) is 23.9. The van der Waals surface area contributed by atoms with Gasteiger partial charge in [-0.25, -0.2) is 16.8 Å². The van der Waals surface area contributed by atoms with Crippen LogP contribution in [0.1, 0.15) is 12.5 Å². The van der Waals surface area contributed by atoms with Gasteiger partial charge in [-0.15, -0.1) is 0 Å². The largest absolute Gasteiger partial charge is 1.00 e. The van der Waals surface area contributed by atoms with Crippen LogP contribution in [0.3, 0.4) is 0 Å². The molecule has 0 bridgehead atoms. The minimum absolute atomic E-state index is 0. The van der Waals surface area contributed by atoms with Gasteiger partial charge in [-0.05, 0) is 36.2 Å². The molecule has 0 amide bonds. The van der Waals surface area contributed by atoms with Crippen molar-refractivity contribution in [1.29, 1.82) is 0 Å². The van der Waals surface area contributed by atoms with E-state index in [0.29, 0.717) is 5.69 Å². The van der Waals surface area contributed by atoms with Crippen LogP contribution in [0.15, 0.2) is 47.4 Å². The molecule has 0 spiro atoms. The average molecular weight is 560 g/mol. The summed E-state index contributed by atoms with van der Waals surface area (Å²) in [5, 5.41) is 17.7. The molecule has 37 heavy (non-hydrogen) atoms. The van der Waals surface area contributed by atoms with Crippen molar-refractivity contribution in [3.8, 4) is 0 Å². The molecule has 0 aliphatic heterocycles. The smallest absolute Gasteiger partial charge is 0.744 e.